The van der Waals surface area contributed by atoms with Crippen molar-refractivity contribution >= 4 is 15.9 Å². The molecule has 1 aliphatic heterocycles. The lowest BCUT2D eigenvalue weighted by atomic mass is 9.90. The highest BCUT2D eigenvalue weighted by molar-refractivity contribution is 7.89. The number of alkyl halides is 3. The van der Waals surface area contributed by atoms with E-state index in [-0.39, 0.29) is 23.1 Å². The summed E-state index contributed by atoms with van der Waals surface area (Å²) in [5.74, 6) is -1.22. The molecule has 4 rings (SSSR count). The molecule has 3 aromatic rings. The molecule has 0 bridgehead atoms. The average Bonchev–Trinajstić information content (AvgIpc) is 2.89. The summed E-state index contributed by atoms with van der Waals surface area (Å²) < 4.78 is 69.0. The van der Waals surface area contributed by atoms with Crippen LogP contribution in [0.15, 0.2) is 89.8 Å². The summed E-state index contributed by atoms with van der Waals surface area (Å²) in [5, 5.41) is 6.12. The number of halogens is 3. The number of carbonyl (C=O) groups excluding carboxylic acids is 1. The zero-order chi connectivity index (χ0) is 27.2. The molecule has 2 atom stereocenters. The lowest BCUT2D eigenvalue weighted by Crippen LogP contribution is -2.52. The first-order valence-electron chi connectivity index (χ1n) is 12.1. The normalized spacial score (nSPS) is 18.2. The van der Waals surface area contributed by atoms with Crippen molar-refractivity contribution in [1.82, 2.24) is 15.4 Å². The van der Waals surface area contributed by atoms with Crippen LogP contribution in [0, 0.1) is 5.92 Å². The largest absolute Gasteiger partial charge is 0.573 e. The van der Waals surface area contributed by atoms with Crippen molar-refractivity contribution in [2.75, 3.05) is 19.6 Å². The van der Waals surface area contributed by atoms with Gasteiger partial charge in [0.15, 0.2) is 0 Å². The molecule has 1 heterocycles. The number of carbonyl (C=O) groups is 1. The molecule has 0 aliphatic carbocycles. The summed E-state index contributed by atoms with van der Waals surface area (Å²) in [6.45, 7) is 1.09. The van der Waals surface area contributed by atoms with E-state index in [1.54, 1.807) is 0 Å². The van der Waals surface area contributed by atoms with E-state index in [1.165, 1.54) is 0 Å². The number of hydrogen-bond acceptors (Lipinski definition) is 5. The Morgan fingerprint density at radius 1 is 0.921 bits per heavy atom. The van der Waals surface area contributed by atoms with Crippen LogP contribution in [0.2, 0.25) is 0 Å². The lowest BCUT2D eigenvalue weighted by molar-refractivity contribution is -0.274. The van der Waals surface area contributed by atoms with Gasteiger partial charge < -0.3 is 15.4 Å². The van der Waals surface area contributed by atoms with Crippen LogP contribution >= 0.6 is 0 Å². The summed E-state index contributed by atoms with van der Waals surface area (Å²) in [7, 11) is -4.03. The van der Waals surface area contributed by atoms with E-state index < -0.39 is 34.1 Å². The van der Waals surface area contributed by atoms with Crippen LogP contribution < -0.4 is 20.1 Å². The van der Waals surface area contributed by atoms with Crippen molar-refractivity contribution in [1.29, 1.82) is 0 Å². The highest BCUT2D eigenvalue weighted by atomic mass is 32.2. The van der Waals surface area contributed by atoms with Crippen LogP contribution in [-0.2, 0) is 14.8 Å². The Hall–Kier alpha value is -3.41. The predicted molar refractivity (Wildman–Crippen MR) is 136 cm³/mol. The van der Waals surface area contributed by atoms with Gasteiger partial charge in [0.05, 0.1) is 10.8 Å². The van der Waals surface area contributed by atoms with Gasteiger partial charge in [0, 0.05) is 31.6 Å². The first kappa shape index (κ1) is 27.6. The molecule has 3 N–H and O–H groups in total. The Morgan fingerprint density at radius 2 is 1.50 bits per heavy atom. The molecule has 11 heteroatoms. The molecular weight excluding hydrogens is 519 g/mol. The molecule has 3 aromatic carbocycles. The lowest BCUT2D eigenvalue weighted by Gasteiger charge is -2.30. The Balaban J connectivity index is 1.37. The minimum atomic E-state index is -4.87. The predicted octanol–water partition coefficient (Wildman–Crippen LogP) is 3.79. The molecule has 202 valence electrons. The highest BCUT2D eigenvalue weighted by Crippen LogP contribution is 2.25. The van der Waals surface area contributed by atoms with Gasteiger partial charge in [-0.25, -0.2) is 13.1 Å². The van der Waals surface area contributed by atoms with Crippen molar-refractivity contribution in [3.63, 3.8) is 0 Å². The number of amides is 1. The number of sulfonamides is 1. The molecule has 38 heavy (non-hydrogen) atoms. The summed E-state index contributed by atoms with van der Waals surface area (Å²) in [6.07, 6.45) is -4.60. The van der Waals surface area contributed by atoms with Gasteiger partial charge >= 0.3 is 6.36 Å². The van der Waals surface area contributed by atoms with Crippen LogP contribution in [-0.4, -0.2) is 46.4 Å². The zero-order valence-corrected chi connectivity index (χ0v) is 21.1. The van der Waals surface area contributed by atoms with Gasteiger partial charge in [-0.1, -0.05) is 60.7 Å². The Kier molecular flexibility index (Phi) is 8.70. The van der Waals surface area contributed by atoms with E-state index in [9.17, 15) is 26.4 Å². The number of rotatable bonds is 9. The molecule has 7 nitrogen and oxygen atoms in total. The van der Waals surface area contributed by atoms with Gasteiger partial charge in [-0.2, -0.15) is 0 Å². The van der Waals surface area contributed by atoms with Crippen molar-refractivity contribution in [3.05, 3.63) is 96.1 Å². The van der Waals surface area contributed by atoms with Crippen molar-refractivity contribution in [2.24, 2.45) is 5.92 Å². The molecule has 1 amide bonds. The second-order valence-corrected chi connectivity index (χ2v) is 10.8. The third-order valence-electron chi connectivity index (χ3n) is 6.30. The van der Waals surface area contributed by atoms with Crippen LogP contribution in [0.1, 0.15) is 23.5 Å². The van der Waals surface area contributed by atoms with Crippen molar-refractivity contribution in [2.45, 2.75) is 29.6 Å². The fourth-order valence-corrected chi connectivity index (χ4v) is 5.73. The number of piperidine rings is 1. The van der Waals surface area contributed by atoms with E-state index in [1.807, 2.05) is 60.7 Å². The summed E-state index contributed by atoms with van der Waals surface area (Å²) in [5.41, 5.74) is 2.14. The highest BCUT2D eigenvalue weighted by Gasteiger charge is 2.32. The second-order valence-electron chi connectivity index (χ2n) is 9.05. The zero-order valence-electron chi connectivity index (χ0n) is 20.3. The topological polar surface area (TPSA) is 96.5 Å². The average molecular weight is 548 g/mol. The maximum Gasteiger partial charge on any atom is 0.573 e. The van der Waals surface area contributed by atoms with Gasteiger partial charge in [0.1, 0.15) is 5.75 Å². The standard InChI is InChI=1S/C27H28F3N3O4S/c28-27(29,30)37-23-11-13-24(14-12-23)38(35,36)33-22-15-21(16-31-17-22)26(34)32-18-25(19-7-3-1-4-8-19)20-9-5-2-6-10-20/h1-14,21-22,25,31,33H,15-18H2,(H,32,34)/t21-,22-/m0/s1. The fourth-order valence-electron chi connectivity index (χ4n) is 4.49. The molecular formula is C27H28F3N3O4S. The smallest absolute Gasteiger partial charge is 0.406 e. The van der Waals surface area contributed by atoms with Gasteiger partial charge in [0.25, 0.3) is 0 Å². The van der Waals surface area contributed by atoms with E-state index in [0.29, 0.717) is 19.6 Å². The third kappa shape index (κ3) is 7.56. The molecule has 0 radical (unpaired) electrons. The van der Waals surface area contributed by atoms with Crippen LogP contribution in [0.3, 0.4) is 0 Å². The van der Waals surface area contributed by atoms with Crippen molar-refractivity contribution in [3.8, 4) is 5.75 Å². The van der Waals surface area contributed by atoms with Crippen LogP contribution in [0.4, 0.5) is 13.2 Å². The van der Waals surface area contributed by atoms with E-state index in [0.717, 1.165) is 35.4 Å². The fraction of sp³-hybridized carbons (Fsp3) is 0.296. The summed E-state index contributed by atoms with van der Waals surface area (Å²) in [6, 6.07) is 23.1. The van der Waals surface area contributed by atoms with E-state index in [2.05, 4.69) is 20.1 Å². The number of nitrogens with one attached hydrogen (secondary N) is 3. The number of ether oxygens (including phenoxy) is 1. The van der Waals surface area contributed by atoms with Crippen molar-refractivity contribution < 1.29 is 31.1 Å². The Morgan fingerprint density at radius 3 is 2.05 bits per heavy atom. The molecule has 1 aliphatic rings. The molecule has 0 spiro atoms. The summed E-state index contributed by atoms with van der Waals surface area (Å²) in [4.78, 5) is 12.9. The SMILES string of the molecule is O=C(NCC(c1ccccc1)c1ccccc1)[C@@H]1CNC[C@@H](NS(=O)(=O)c2ccc(OC(F)(F)F)cc2)C1. The monoisotopic (exact) mass is 547 g/mol. The maximum atomic E-state index is 13.1. The quantitative estimate of drug-likeness (QED) is 0.379. The minimum absolute atomic E-state index is 0.0449. The second kappa shape index (κ2) is 12.0. The Bertz CT molecular complexity index is 1270. The van der Waals surface area contributed by atoms with Crippen LogP contribution in [0.5, 0.6) is 5.75 Å². The van der Waals surface area contributed by atoms with Gasteiger partial charge in [-0.15, -0.1) is 13.2 Å². The maximum absolute atomic E-state index is 13.1. The Labute approximate surface area is 219 Å². The summed E-state index contributed by atoms with van der Waals surface area (Å²) >= 11 is 0. The van der Waals surface area contributed by atoms with E-state index >= 15 is 0 Å². The van der Waals surface area contributed by atoms with E-state index in [4.69, 9.17) is 0 Å². The van der Waals surface area contributed by atoms with Gasteiger partial charge in [-0.05, 0) is 41.8 Å². The van der Waals surface area contributed by atoms with Crippen LogP contribution in [0.25, 0.3) is 0 Å². The molecule has 1 saturated heterocycles. The van der Waals surface area contributed by atoms with Gasteiger partial charge in [-0.3, -0.25) is 4.79 Å². The number of benzene rings is 3. The first-order valence-corrected chi connectivity index (χ1v) is 13.6. The first-order chi connectivity index (χ1) is 18.1. The molecule has 0 aromatic heterocycles. The minimum Gasteiger partial charge on any atom is -0.406 e. The third-order valence-corrected chi connectivity index (χ3v) is 7.83. The van der Waals surface area contributed by atoms with Gasteiger partial charge in [0.2, 0.25) is 15.9 Å². The number of hydrogen-bond donors (Lipinski definition) is 3. The molecule has 0 saturated carbocycles. The molecule has 1 fully saturated rings. The molecule has 0 unspecified atom stereocenters.